The Labute approximate surface area is 129 Å². The molecule has 118 valence electrons. The first kappa shape index (κ1) is 14.8. The van der Waals surface area contributed by atoms with Crippen LogP contribution in [0.2, 0.25) is 0 Å². The average Bonchev–Trinajstić information content (AvgIpc) is 2.91. The number of rotatable bonds is 3. The number of nitrogens with zero attached hydrogens (tertiary/aromatic N) is 2. The van der Waals surface area contributed by atoms with Crippen molar-refractivity contribution in [2.75, 3.05) is 32.1 Å². The van der Waals surface area contributed by atoms with Gasteiger partial charge in [0.05, 0.1) is 17.6 Å². The largest absolute Gasteiger partial charge is 0.450 e. The molecule has 1 amide bonds. The van der Waals surface area contributed by atoms with Gasteiger partial charge in [-0.15, -0.1) is 0 Å². The van der Waals surface area contributed by atoms with Crippen molar-refractivity contribution in [2.24, 2.45) is 0 Å². The lowest BCUT2D eigenvalue weighted by Gasteiger charge is -2.28. The number of aromatic amines is 1. The molecule has 2 aromatic heterocycles. The van der Waals surface area contributed by atoms with Crippen molar-refractivity contribution < 1.29 is 9.53 Å². The van der Waals surface area contributed by atoms with Crippen LogP contribution in [0.5, 0.6) is 0 Å². The first-order valence-electron chi connectivity index (χ1n) is 7.77. The summed E-state index contributed by atoms with van der Waals surface area (Å²) in [5, 5.41) is 2.67. The van der Waals surface area contributed by atoms with Gasteiger partial charge in [0.15, 0.2) is 0 Å². The summed E-state index contributed by atoms with van der Waals surface area (Å²) >= 11 is 0. The standard InChI is InChI=1S/C16H22N4O2/c1-3-22-16(21)19-14-5-4-13-15(18-14)12(10-17-13)11-6-8-20(2)9-7-11/h4-5,10-11,17H,3,6-9H2,1-2H3,(H,18,19,21). The maximum Gasteiger partial charge on any atom is 0.412 e. The molecule has 0 aromatic carbocycles. The summed E-state index contributed by atoms with van der Waals surface area (Å²) in [5.74, 6) is 1.05. The molecule has 0 spiro atoms. The Balaban J connectivity index is 1.84. The van der Waals surface area contributed by atoms with Crippen LogP contribution in [0.4, 0.5) is 10.6 Å². The quantitative estimate of drug-likeness (QED) is 0.914. The topological polar surface area (TPSA) is 70.2 Å². The van der Waals surface area contributed by atoms with Crippen LogP contribution >= 0.6 is 0 Å². The molecule has 6 heteroatoms. The van der Waals surface area contributed by atoms with Gasteiger partial charge in [-0.3, -0.25) is 5.32 Å². The van der Waals surface area contributed by atoms with E-state index in [9.17, 15) is 4.79 Å². The Morgan fingerprint density at radius 2 is 2.23 bits per heavy atom. The summed E-state index contributed by atoms with van der Waals surface area (Å²) in [6.07, 6.45) is 3.87. The predicted molar refractivity (Wildman–Crippen MR) is 86.2 cm³/mol. The van der Waals surface area contributed by atoms with Crippen molar-refractivity contribution >= 4 is 22.9 Å². The van der Waals surface area contributed by atoms with Crippen molar-refractivity contribution in [3.8, 4) is 0 Å². The van der Waals surface area contributed by atoms with Gasteiger partial charge in [-0.1, -0.05) is 0 Å². The van der Waals surface area contributed by atoms with Crippen LogP contribution in [0, 0.1) is 0 Å². The fourth-order valence-corrected chi connectivity index (χ4v) is 2.99. The molecule has 6 nitrogen and oxygen atoms in total. The molecule has 3 heterocycles. The van der Waals surface area contributed by atoms with E-state index in [0.717, 1.165) is 37.0 Å². The molecular formula is C16H22N4O2. The molecule has 3 rings (SSSR count). The van der Waals surface area contributed by atoms with E-state index in [0.29, 0.717) is 18.3 Å². The normalized spacial score (nSPS) is 16.8. The third kappa shape index (κ3) is 3.06. The summed E-state index contributed by atoms with van der Waals surface area (Å²) < 4.78 is 4.89. The molecule has 2 aromatic rings. The van der Waals surface area contributed by atoms with Crippen molar-refractivity contribution in [3.05, 3.63) is 23.9 Å². The summed E-state index contributed by atoms with van der Waals surface area (Å²) in [6, 6.07) is 3.73. The number of piperidine rings is 1. The molecule has 0 unspecified atom stereocenters. The molecule has 2 N–H and O–H groups in total. The van der Waals surface area contributed by atoms with E-state index in [4.69, 9.17) is 4.74 Å². The Morgan fingerprint density at radius 3 is 2.95 bits per heavy atom. The molecule has 1 aliphatic heterocycles. The highest BCUT2D eigenvalue weighted by Gasteiger charge is 2.22. The number of hydrogen-bond donors (Lipinski definition) is 2. The molecule has 0 saturated carbocycles. The van der Waals surface area contributed by atoms with Gasteiger partial charge in [0.2, 0.25) is 0 Å². The highest BCUT2D eigenvalue weighted by Crippen LogP contribution is 2.32. The number of hydrogen-bond acceptors (Lipinski definition) is 4. The second-order valence-corrected chi connectivity index (χ2v) is 5.76. The highest BCUT2D eigenvalue weighted by atomic mass is 16.5. The summed E-state index contributed by atoms with van der Waals surface area (Å²) in [6.45, 7) is 4.34. The predicted octanol–water partition coefficient (Wildman–Crippen LogP) is 2.94. The van der Waals surface area contributed by atoms with Gasteiger partial charge in [0.25, 0.3) is 0 Å². The van der Waals surface area contributed by atoms with Gasteiger partial charge >= 0.3 is 6.09 Å². The molecule has 22 heavy (non-hydrogen) atoms. The molecule has 0 radical (unpaired) electrons. The van der Waals surface area contributed by atoms with Crippen molar-refractivity contribution in [1.29, 1.82) is 0 Å². The lowest BCUT2D eigenvalue weighted by atomic mass is 9.91. The summed E-state index contributed by atoms with van der Waals surface area (Å²) in [4.78, 5) is 21.8. The number of nitrogens with one attached hydrogen (secondary N) is 2. The van der Waals surface area contributed by atoms with E-state index in [1.54, 1.807) is 13.0 Å². The minimum Gasteiger partial charge on any atom is -0.450 e. The van der Waals surface area contributed by atoms with Gasteiger partial charge < -0.3 is 14.6 Å². The monoisotopic (exact) mass is 302 g/mol. The third-order valence-corrected chi connectivity index (χ3v) is 4.22. The van der Waals surface area contributed by atoms with Gasteiger partial charge in [-0.25, -0.2) is 9.78 Å². The highest BCUT2D eigenvalue weighted by molar-refractivity contribution is 5.87. The van der Waals surface area contributed by atoms with Crippen LogP contribution in [-0.2, 0) is 4.74 Å². The zero-order valence-corrected chi connectivity index (χ0v) is 13.1. The molecular weight excluding hydrogens is 280 g/mol. The smallest absolute Gasteiger partial charge is 0.412 e. The lowest BCUT2D eigenvalue weighted by Crippen LogP contribution is -2.29. The molecule has 1 aliphatic rings. The van der Waals surface area contributed by atoms with E-state index < -0.39 is 6.09 Å². The summed E-state index contributed by atoms with van der Waals surface area (Å²) in [7, 11) is 2.16. The second kappa shape index (κ2) is 6.36. The van der Waals surface area contributed by atoms with Crippen LogP contribution in [-0.4, -0.2) is 47.7 Å². The number of anilines is 1. The van der Waals surface area contributed by atoms with Crippen molar-refractivity contribution in [2.45, 2.75) is 25.7 Å². The van der Waals surface area contributed by atoms with Gasteiger partial charge in [0, 0.05) is 6.20 Å². The fraction of sp³-hybridized carbons (Fsp3) is 0.500. The van der Waals surface area contributed by atoms with Crippen LogP contribution in [0.3, 0.4) is 0 Å². The van der Waals surface area contributed by atoms with Crippen molar-refractivity contribution in [1.82, 2.24) is 14.9 Å². The summed E-state index contributed by atoms with van der Waals surface area (Å²) in [5.41, 5.74) is 3.20. The molecule has 1 fully saturated rings. The van der Waals surface area contributed by atoms with Gasteiger partial charge in [-0.05, 0) is 63.5 Å². The van der Waals surface area contributed by atoms with E-state index in [2.05, 4.69) is 33.4 Å². The molecule has 0 atom stereocenters. The number of likely N-dealkylation sites (tertiary alicyclic amines) is 1. The molecule has 0 bridgehead atoms. The zero-order chi connectivity index (χ0) is 15.5. The first-order valence-corrected chi connectivity index (χ1v) is 7.77. The van der Waals surface area contributed by atoms with Crippen LogP contribution in [0.1, 0.15) is 31.2 Å². The maximum absolute atomic E-state index is 11.5. The van der Waals surface area contributed by atoms with Gasteiger partial charge in [0.1, 0.15) is 5.82 Å². The lowest BCUT2D eigenvalue weighted by molar-refractivity contribution is 0.168. The first-order chi connectivity index (χ1) is 10.7. The Kier molecular flexibility index (Phi) is 4.29. The minimum absolute atomic E-state index is 0.346. The number of fused-ring (bicyclic) bond motifs is 1. The number of amides is 1. The van der Waals surface area contributed by atoms with Gasteiger partial charge in [-0.2, -0.15) is 0 Å². The number of ether oxygens (including phenoxy) is 1. The zero-order valence-electron chi connectivity index (χ0n) is 13.1. The van der Waals surface area contributed by atoms with E-state index >= 15 is 0 Å². The number of pyridine rings is 1. The second-order valence-electron chi connectivity index (χ2n) is 5.76. The Morgan fingerprint density at radius 1 is 1.45 bits per heavy atom. The molecule has 0 aliphatic carbocycles. The van der Waals surface area contributed by atoms with Crippen LogP contribution in [0.15, 0.2) is 18.3 Å². The maximum atomic E-state index is 11.5. The third-order valence-electron chi connectivity index (χ3n) is 4.22. The average molecular weight is 302 g/mol. The van der Waals surface area contributed by atoms with Crippen LogP contribution < -0.4 is 5.32 Å². The number of aromatic nitrogens is 2. The number of carbonyl (C=O) groups is 1. The van der Waals surface area contributed by atoms with E-state index in [1.165, 1.54) is 5.56 Å². The Bertz CT molecular complexity index is 659. The van der Waals surface area contributed by atoms with Crippen molar-refractivity contribution in [3.63, 3.8) is 0 Å². The van der Waals surface area contributed by atoms with Crippen LogP contribution in [0.25, 0.3) is 11.0 Å². The SMILES string of the molecule is CCOC(=O)Nc1ccc2[nH]cc(C3CCN(C)CC3)c2n1. The van der Waals surface area contributed by atoms with E-state index in [1.807, 2.05) is 6.07 Å². The fourth-order valence-electron chi connectivity index (χ4n) is 2.99. The minimum atomic E-state index is -0.467. The Hall–Kier alpha value is -2.08. The molecule has 1 saturated heterocycles. The number of carbonyl (C=O) groups excluding carboxylic acids is 1. The number of H-pyrrole nitrogens is 1. The van der Waals surface area contributed by atoms with E-state index in [-0.39, 0.29) is 0 Å².